The fourth-order valence-corrected chi connectivity index (χ4v) is 8.02. The molecule has 0 spiro atoms. The number of alkyl halides is 3. The van der Waals surface area contributed by atoms with E-state index in [1.807, 2.05) is 0 Å². The molecular weight excluding hydrogens is 629 g/mol. The lowest BCUT2D eigenvalue weighted by Gasteiger charge is -2.32. The van der Waals surface area contributed by atoms with Crippen molar-refractivity contribution < 1.29 is 39.6 Å². The minimum Gasteiger partial charge on any atom is -0.339 e. The SMILES string of the molecule is O=C(c1ccccc1)c1cccc(C(=O)N2CCC(NS(=O)(=O)c3cc(S(=O)(=O)c4ccccc4)ccc3C(F)(F)F)CC2)c1. The normalized spacial score (nSPS) is 14.7. The van der Waals surface area contributed by atoms with Gasteiger partial charge in [-0.3, -0.25) is 9.59 Å². The quantitative estimate of drug-likeness (QED) is 0.256. The molecule has 8 nitrogen and oxygen atoms in total. The summed E-state index contributed by atoms with van der Waals surface area (Å²) in [4.78, 5) is 25.5. The van der Waals surface area contributed by atoms with Gasteiger partial charge < -0.3 is 4.90 Å². The Balaban J connectivity index is 1.32. The van der Waals surface area contributed by atoms with E-state index in [2.05, 4.69) is 4.72 Å². The van der Waals surface area contributed by atoms with Gasteiger partial charge in [0.25, 0.3) is 5.91 Å². The monoisotopic (exact) mass is 656 g/mol. The lowest BCUT2D eigenvalue weighted by atomic mass is 10.00. The van der Waals surface area contributed by atoms with Crippen molar-refractivity contribution in [2.24, 2.45) is 0 Å². The number of halogens is 3. The number of piperidine rings is 1. The van der Waals surface area contributed by atoms with Gasteiger partial charge in [0.2, 0.25) is 19.9 Å². The first kappa shape index (κ1) is 32.1. The van der Waals surface area contributed by atoms with Crippen LogP contribution in [-0.4, -0.2) is 52.6 Å². The first-order valence-electron chi connectivity index (χ1n) is 13.8. The van der Waals surface area contributed by atoms with Crippen molar-refractivity contribution in [3.63, 3.8) is 0 Å². The van der Waals surface area contributed by atoms with Crippen molar-refractivity contribution >= 4 is 31.6 Å². The summed E-state index contributed by atoms with van der Waals surface area (Å²) in [6.07, 6.45) is -4.89. The van der Waals surface area contributed by atoms with Gasteiger partial charge in [-0.05, 0) is 55.3 Å². The molecule has 1 aliphatic heterocycles. The maximum absolute atomic E-state index is 13.9. The number of likely N-dealkylation sites (tertiary alicyclic amines) is 1. The van der Waals surface area contributed by atoms with Crippen LogP contribution >= 0.6 is 0 Å². The zero-order valence-corrected chi connectivity index (χ0v) is 25.2. The summed E-state index contributed by atoms with van der Waals surface area (Å²) in [7, 11) is -9.15. The third-order valence-corrected chi connectivity index (χ3v) is 10.8. The fraction of sp³-hybridized carbons (Fsp3) is 0.188. The third kappa shape index (κ3) is 7.00. The summed E-state index contributed by atoms with van der Waals surface area (Å²) in [6, 6.07) is 22.7. The maximum atomic E-state index is 13.9. The van der Waals surface area contributed by atoms with Crippen molar-refractivity contribution in [2.45, 2.75) is 39.7 Å². The second-order valence-corrected chi connectivity index (χ2v) is 14.1. The first-order chi connectivity index (χ1) is 21.3. The molecule has 1 saturated heterocycles. The topological polar surface area (TPSA) is 118 Å². The highest BCUT2D eigenvalue weighted by Gasteiger charge is 2.39. The van der Waals surface area contributed by atoms with Gasteiger partial charge in [-0.1, -0.05) is 60.7 Å². The molecule has 4 aromatic rings. The summed E-state index contributed by atoms with van der Waals surface area (Å²) in [5.74, 6) is -0.630. The molecule has 45 heavy (non-hydrogen) atoms. The van der Waals surface area contributed by atoms with Gasteiger partial charge in [0.1, 0.15) is 0 Å². The zero-order chi connectivity index (χ0) is 32.4. The predicted molar refractivity (Wildman–Crippen MR) is 159 cm³/mol. The van der Waals surface area contributed by atoms with E-state index in [0.29, 0.717) is 23.3 Å². The average molecular weight is 657 g/mol. The summed E-state index contributed by atoms with van der Waals surface area (Å²) >= 11 is 0. The van der Waals surface area contributed by atoms with Gasteiger partial charge in [0.05, 0.1) is 20.2 Å². The maximum Gasteiger partial charge on any atom is 0.417 e. The van der Waals surface area contributed by atoms with Gasteiger partial charge in [-0.15, -0.1) is 0 Å². The van der Waals surface area contributed by atoms with Crippen molar-refractivity contribution in [1.29, 1.82) is 0 Å². The molecule has 0 bridgehead atoms. The molecule has 234 valence electrons. The molecular formula is C32H27F3N2O6S2. The molecule has 5 rings (SSSR count). The van der Waals surface area contributed by atoms with E-state index in [1.165, 1.54) is 35.2 Å². The van der Waals surface area contributed by atoms with Crippen molar-refractivity contribution in [3.05, 3.63) is 125 Å². The van der Waals surface area contributed by atoms with Crippen LogP contribution in [0.5, 0.6) is 0 Å². The van der Waals surface area contributed by atoms with Crippen LogP contribution < -0.4 is 4.72 Å². The van der Waals surface area contributed by atoms with Gasteiger partial charge in [-0.2, -0.15) is 13.2 Å². The lowest BCUT2D eigenvalue weighted by Crippen LogP contribution is -2.46. The molecule has 0 radical (unpaired) electrons. The Labute approximate surface area is 258 Å². The number of ketones is 1. The van der Waals surface area contributed by atoms with Crippen molar-refractivity contribution in [2.75, 3.05) is 13.1 Å². The number of carbonyl (C=O) groups is 2. The molecule has 13 heteroatoms. The van der Waals surface area contributed by atoms with Crippen LogP contribution in [0.25, 0.3) is 0 Å². The molecule has 4 aromatic carbocycles. The number of carbonyl (C=O) groups excluding carboxylic acids is 2. The molecule has 0 aromatic heterocycles. The highest BCUT2D eigenvalue weighted by molar-refractivity contribution is 7.91. The van der Waals surface area contributed by atoms with E-state index in [9.17, 15) is 39.6 Å². The first-order valence-corrected chi connectivity index (χ1v) is 16.8. The largest absolute Gasteiger partial charge is 0.417 e. The van der Waals surface area contributed by atoms with E-state index in [1.54, 1.807) is 54.6 Å². The number of amides is 1. The number of nitrogens with one attached hydrogen (secondary N) is 1. The second-order valence-electron chi connectivity index (χ2n) is 10.4. The van der Waals surface area contributed by atoms with E-state index in [4.69, 9.17) is 0 Å². The number of sulfonamides is 1. The highest BCUT2D eigenvalue weighted by Crippen LogP contribution is 2.36. The molecule has 0 aliphatic carbocycles. The minimum absolute atomic E-state index is 0.0942. The van der Waals surface area contributed by atoms with Crippen molar-refractivity contribution in [1.82, 2.24) is 9.62 Å². The zero-order valence-electron chi connectivity index (χ0n) is 23.6. The molecule has 0 unspecified atom stereocenters. The van der Waals surface area contributed by atoms with Crippen LogP contribution in [0.4, 0.5) is 13.2 Å². The highest BCUT2D eigenvalue weighted by atomic mass is 32.2. The van der Waals surface area contributed by atoms with Crippen molar-refractivity contribution in [3.8, 4) is 0 Å². The van der Waals surface area contributed by atoms with Gasteiger partial charge >= 0.3 is 6.18 Å². The van der Waals surface area contributed by atoms with E-state index in [-0.39, 0.29) is 48.1 Å². The van der Waals surface area contributed by atoms with Crippen LogP contribution in [-0.2, 0) is 26.0 Å². The van der Waals surface area contributed by atoms with Gasteiger partial charge in [-0.25, -0.2) is 21.6 Å². The Morgan fingerprint density at radius 3 is 1.89 bits per heavy atom. The fourth-order valence-electron chi connectivity index (χ4n) is 5.08. The Morgan fingerprint density at radius 2 is 1.27 bits per heavy atom. The number of nitrogens with zero attached hydrogens (tertiary/aromatic N) is 1. The number of benzene rings is 4. The Hall–Kier alpha value is -4.33. The third-order valence-electron chi connectivity index (χ3n) is 7.42. The molecule has 1 N–H and O–H groups in total. The van der Waals surface area contributed by atoms with Crippen LogP contribution in [0.1, 0.15) is 44.7 Å². The molecule has 1 heterocycles. The Bertz CT molecular complexity index is 1940. The Morgan fingerprint density at radius 1 is 0.689 bits per heavy atom. The van der Waals surface area contributed by atoms with E-state index < -0.39 is 47.4 Å². The summed E-state index contributed by atoms with van der Waals surface area (Å²) < 4.78 is 96.7. The summed E-state index contributed by atoms with van der Waals surface area (Å²) in [5, 5.41) is 0. The number of hydrogen-bond acceptors (Lipinski definition) is 6. The molecule has 0 saturated carbocycles. The lowest BCUT2D eigenvalue weighted by molar-refractivity contribution is -0.140. The standard InChI is InChI=1S/C32H27F3N2O6S2/c33-32(34,35)28-15-14-27(44(40,41)26-12-5-2-6-13-26)21-29(28)45(42,43)36-25-16-18-37(19-17-25)31(39)24-11-7-10-23(20-24)30(38)22-8-3-1-4-9-22/h1-15,20-21,25,36H,16-19H2. The van der Waals surface area contributed by atoms with Crippen LogP contribution in [0, 0.1) is 0 Å². The molecule has 1 fully saturated rings. The van der Waals surface area contributed by atoms with E-state index >= 15 is 0 Å². The second kappa shape index (κ2) is 12.6. The molecule has 0 atom stereocenters. The number of rotatable bonds is 8. The average Bonchev–Trinajstić information content (AvgIpc) is 3.04. The van der Waals surface area contributed by atoms with Gasteiger partial charge in [0, 0.05) is 35.8 Å². The Kier molecular flexibility index (Phi) is 8.97. The van der Waals surface area contributed by atoms with Crippen LogP contribution in [0.2, 0.25) is 0 Å². The minimum atomic E-state index is -5.08. The van der Waals surface area contributed by atoms with Gasteiger partial charge in [0.15, 0.2) is 5.78 Å². The predicted octanol–water partition coefficient (Wildman–Crippen LogP) is 5.35. The smallest absolute Gasteiger partial charge is 0.339 e. The summed E-state index contributed by atoms with van der Waals surface area (Å²) in [5.41, 5.74) is -0.444. The number of sulfone groups is 1. The molecule has 1 aliphatic rings. The summed E-state index contributed by atoms with van der Waals surface area (Å²) in [6.45, 7) is 0.189. The van der Waals surface area contributed by atoms with E-state index in [0.717, 1.165) is 6.07 Å². The molecule has 1 amide bonds. The van der Waals surface area contributed by atoms with Crippen LogP contribution in [0.15, 0.2) is 118 Å². The number of hydrogen-bond donors (Lipinski definition) is 1. The van der Waals surface area contributed by atoms with Crippen LogP contribution in [0.3, 0.4) is 0 Å².